The molecule has 2 N–H and O–H groups in total. The molecule has 2 aromatic rings. The highest BCUT2D eigenvalue weighted by atomic mass is 32.2. The molecule has 0 fully saturated rings. The Labute approximate surface area is 150 Å². The maximum atomic E-state index is 11.9. The summed E-state index contributed by atoms with van der Waals surface area (Å²) in [5.74, 6) is 1.16. The predicted octanol–water partition coefficient (Wildman–Crippen LogP) is 3.69. The van der Waals surface area contributed by atoms with Crippen LogP contribution in [0, 0.1) is 0 Å². The Balaban J connectivity index is 1.85. The molecule has 1 heterocycles. The maximum absolute atomic E-state index is 11.9. The van der Waals surface area contributed by atoms with Crippen molar-refractivity contribution in [3.8, 4) is 5.75 Å². The molecule has 130 valence electrons. The Hall–Kier alpha value is -1.80. The highest BCUT2D eigenvalue weighted by Gasteiger charge is 2.11. The van der Waals surface area contributed by atoms with Gasteiger partial charge in [0.25, 0.3) is 0 Å². The van der Waals surface area contributed by atoms with E-state index in [2.05, 4.69) is 34.7 Å². The van der Waals surface area contributed by atoms with E-state index in [1.54, 1.807) is 7.11 Å². The van der Waals surface area contributed by atoms with Crippen LogP contribution in [0.3, 0.4) is 0 Å². The Kier molecular flexibility index (Phi) is 7.33. The summed E-state index contributed by atoms with van der Waals surface area (Å²) < 4.78 is 5.96. The van der Waals surface area contributed by atoms with E-state index in [-0.39, 0.29) is 11.9 Å². The van der Waals surface area contributed by atoms with E-state index in [4.69, 9.17) is 4.74 Å². The monoisotopic (exact) mass is 366 g/mol. The Morgan fingerprint density at radius 1 is 1.33 bits per heavy atom. The number of ether oxygens (including phenoxy) is 1. The molecule has 0 unspecified atom stereocenters. The first-order valence-corrected chi connectivity index (χ1v) is 9.61. The molecule has 0 aliphatic heterocycles. The maximum Gasteiger partial charge on any atom is 0.230 e. The number of hydrogen-bond donors (Lipinski definition) is 2. The number of hydrogen-bond acceptors (Lipinski definition) is 7. The summed E-state index contributed by atoms with van der Waals surface area (Å²) in [5, 5.41) is 15.1. The van der Waals surface area contributed by atoms with Gasteiger partial charge in [-0.15, -0.1) is 10.2 Å². The van der Waals surface area contributed by atoms with Crippen molar-refractivity contribution in [2.45, 2.75) is 37.1 Å². The van der Waals surface area contributed by atoms with Gasteiger partial charge in [-0.25, -0.2) is 0 Å². The van der Waals surface area contributed by atoms with Crippen LogP contribution >= 0.6 is 23.1 Å². The highest BCUT2D eigenvalue weighted by Crippen LogP contribution is 2.28. The molecule has 0 aliphatic carbocycles. The lowest BCUT2D eigenvalue weighted by molar-refractivity contribution is -0.119. The number of carbonyl (C=O) groups excluding carboxylic acids is 1. The lowest BCUT2D eigenvalue weighted by atomic mass is 10.2. The molecule has 8 heteroatoms. The van der Waals surface area contributed by atoms with Gasteiger partial charge in [0.1, 0.15) is 5.75 Å². The fraction of sp³-hybridized carbons (Fsp3) is 0.438. The van der Waals surface area contributed by atoms with Crippen molar-refractivity contribution in [1.29, 1.82) is 0 Å². The third kappa shape index (κ3) is 5.68. The van der Waals surface area contributed by atoms with Gasteiger partial charge in [-0.3, -0.25) is 4.79 Å². The molecule has 24 heavy (non-hydrogen) atoms. The Morgan fingerprint density at radius 2 is 2.12 bits per heavy atom. The summed E-state index contributed by atoms with van der Waals surface area (Å²) in [6.45, 7) is 4.14. The number of carbonyl (C=O) groups is 1. The lowest BCUT2D eigenvalue weighted by Crippen LogP contribution is -2.34. The fourth-order valence-corrected chi connectivity index (χ4v) is 3.62. The molecule has 2 rings (SSSR count). The second kappa shape index (κ2) is 9.48. The number of anilines is 2. The van der Waals surface area contributed by atoms with Crippen LogP contribution in [0.4, 0.5) is 10.8 Å². The summed E-state index contributed by atoms with van der Waals surface area (Å²) >= 11 is 2.82. The predicted molar refractivity (Wildman–Crippen MR) is 99.4 cm³/mol. The van der Waals surface area contributed by atoms with Crippen molar-refractivity contribution in [1.82, 2.24) is 15.5 Å². The van der Waals surface area contributed by atoms with Crippen LogP contribution in [0.25, 0.3) is 0 Å². The van der Waals surface area contributed by atoms with Crippen molar-refractivity contribution in [3.05, 3.63) is 24.3 Å². The van der Waals surface area contributed by atoms with Crippen LogP contribution in [-0.4, -0.2) is 35.0 Å². The molecule has 0 aliphatic rings. The zero-order valence-corrected chi connectivity index (χ0v) is 15.7. The van der Waals surface area contributed by atoms with Gasteiger partial charge in [0, 0.05) is 17.8 Å². The number of aromatic nitrogens is 2. The molecule has 1 amide bonds. The minimum absolute atomic E-state index is 0.0335. The number of methoxy groups -OCH3 is 1. The third-order valence-electron chi connectivity index (χ3n) is 3.40. The number of benzene rings is 1. The van der Waals surface area contributed by atoms with E-state index in [0.717, 1.165) is 28.6 Å². The van der Waals surface area contributed by atoms with Crippen molar-refractivity contribution < 1.29 is 9.53 Å². The highest BCUT2D eigenvalue weighted by molar-refractivity contribution is 8.01. The van der Waals surface area contributed by atoms with E-state index in [1.807, 2.05) is 24.3 Å². The molecule has 1 aromatic heterocycles. The number of thioether (sulfide) groups is 1. The van der Waals surface area contributed by atoms with E-state index >= 15 is 0 Å². The number of amides is 1. The van der Waals surface area contributed by atoms with Crippen LogP contribution in [0.1, 0.15) is 26.7 Å². The van der Waals surface area contributed by atoms with Gasteiger partial charge >= 0.3 is 0 Å². The fourth-order valence-electron chi connectivity index (χ4n) is 2.03. The molecule has 0 saturated heterocycles. The SMILES string of the molecule is CCC(CC)NC(=O)CSc1nnc(Nc2cccc(OC)c2)s1. The zero-order valence-electron chi connectivity index (χ0n) is 14.0. The summed E-state index contributed by atoms with van der Waals surface area (Å²) in [6, 6.07) is 7.85. The van der Waals surface area contributed by atoms with Crippen LogP contribution < -0.4 is 15.4 Å². The minimum atomic E-state index is 0.0335. The molecule has 0 radical (unpaired) electrons. The average molecular weight is 367 g/mol. The smallest absolute Gasteiger partial charge is 0.230 e. The molecule has 6 nitrogen and oxygen atoms in total. The van der Waals surface area contributed by atoms with Gasteiger partial charge in [0.15, 0.2) is 4.34 Å². The van der Waals surface area contributed by atoms with Crippen LogP contribution in [0.2, 0.25) is 0 Å². The summed E-state index contributed by atoms with van der Waals surface area (Å²) in [4.78, 5) is 11.9. The molecule has 0 saturated carbocycles. The largest absolute Gasteiger partial charge is 0.497 e. The molecule has 0 atom stereocenters. The topological polar surface area (TPSA) is 76.1 Å². The average Bonchev–Trinajstić information content (AvgIpc) is 3.05. The van der Waals surface area contributed by atoms with Gasteiger partial charge in [-0.1, -0.05) is 43.0 Å². The zero-order chi connectivity index (χ0) is 17.4. The molecular formula is C16H22N4O2S2. The first-order valence-electron chi connectivity index (χ1n) is 7.81. The summed E-state index contributed by atoms with van der Waals surface area (Å²) in [5.41, 5.74) is 0.883. The Morgan fingerprint density at radius 3 is 2.83 bits per heavy atom. The van der Waals surface area contributed by atoms with Crippen LogP contribution in [0.15, 0.2) is 28.6 Å². The number of nitrogens with zero attached hydrogens (tertiary/aromatic N) is 2. The number of nitrogens with one attached hydrogen (secondary N) is 2. The van der Waals surface area contributed by atoms with E-state index in [0.29, 0.717) is 10.9 Å². The summed E-state index contributed by atoms with van der Waals surface area (Å²) in [6.07, 6.45) is 1.89. The van der Waals surface area contributed by atoms with E-state index < -0.39 is 0 Å². The van der Waals surface area contributed by atoms with Crippen LogP contribution in [-0.2, 0) is 4.79 Å². The van der Waals surface area contributed by atoms with Gasteiger partial charge in [0.05, 0.1) is 12.9 Å². The van der Waals surface area contributed by atoms with Crippen molar-refractivity contribution in [2.75, 3.05) is 18.2 Å². The standard InChI is InChI=1S/C16H22N4O2S2/c1-4-11(5-2)17-14(21)10-23-16-20-19-15(24-16)18-12-7-6-8-13(9-12)22-3/h6-9,11H,4-5,10H2,1-3H3,(H,17,21)(H,18,19). The molecular weight excluding hydrogens is 344 g/mol. The van der Waals surface area contributed by atoms with Crippen LogP contribution in [0.5, 0.6) is 5.75 Å². The first-order chi connectivity index (χ1) is 11.6. The van der Waals surface area contributed by atoms with Gasteiger partial charge in [0.2, 0.25) is 11.0 Å². The van der Waals surface area contributed by atoms with Crippen molar-refractivity contribution in [2.24, 2.45) is 0 Å². The quantitative estimate of drug-likeness (QED) is 0.659. The third-order valence-corrected chi connectivity index (χ3v) is 5.38. The minimum Gasteiger partial charge on any atom is -0.497 e. The van der Waals surface area contributed by atoms with E-state index in [9.17, 15) is 4.79 Å². The lowest BCUT2D eigenvalue weighted by Gasteiger charge is -2.13. The Bertz CT molecular complexity index is 659. The molecule has 0 bridgehead atoms. The van der Waals surface area contributed by atoms with E-state index in [1.165, 1.54) is 23.1 Å². The normalized spacial score (nSPS) is 10.7. The second-order valence-electron chi connectivity index (χ2n) is 5.10. The molecule has 0 spiro atoms. The molecule has 1 aromatic carbocycles. The number of rotatable bonds is 9. The van der Waals surface area contributed by atoms with Gasteiger partial charge in [-0.05, 0) is 25.0 Å². The van der Waals surface area contributed by atoms with Crippen molar-refractivity contribution in [3.63, 3.8) is 0 Å². The van der Waals surface area contributed by atoms with Gasteiger partial charge < -0.3 is 15.4 Å². The van der Waals surface area contributed by atoms with Crippen molar-refractivity contribution >= 4 is 39.8 Å². The second-order valence-corrected chi connectivity index (χ2v) is 7.30. The van der Waals surface area contributed by atoms with Gasteiger partial charge in [-0.2, -0.15) is 0 Å². The first kappa shape index (κ1) is 18.5. The summed E-state index contributed by atoms with van der Waals surface area (Å²) in [7, 11) is 1.63.